The summed E-state index contributed by atoms with van der Waals surface area (Å²) in [4.78, 5) is 0. The summed E-state index contributed by atoms with van der Waals surface area (Å²) in [5.41, 5.74) is 0.709. The average Bonchev–Trinajstić information content (AvgIpc) is 2.20. The fourth-order valence-corrected chi connectivity index (χ4v) is 1.86. The second-order valence-corrected chi connectivity index (χ2v) is 6.01. The predicted octanol–water partition coefficient (Wildman–Crippen LogP) is 3.92. The monoisotopic (exact) mass is 255 g/mol. The number of nitrogens with one attached hydrogen (secondary N) is 1. The second-order valence-electron chi connectivity index (χ2n) is 6.01. The molecule has 0 amide bonds. The van der Waals surface area contributed by atoms with Crippen LogP contribution in [-0.2, 0) is 6.42 Å². The molecule has 0 saturated heterocycles. The Morgan fingerprint density at radius 1 is 1.22 bits per heavy atom. The van der Waals surface area contributed by atoms with E-state index in [4.69, 9.17) is 0 Å². The van der Waals surface area contributed by atoms with Gasteiger partial charge in [-0.05, 0) is 57.7 Å². The molecule has 0 aromatic heterocycles. The largest absolute Gasteiger partial charge is 0.312 e. The molecule has 1 nitrogen and oxygen atoms in total. The van der Waals surface area contributed by atoms with Crippen LogP contribution in [0.3, 0.4) is 0 Å². The lowest BCUT2D eigenvalue weighted by Crippen LogP contribution is -2.37. The van der Waals surface area contributed by atoms with E-state index < -0.39 is 11.6 Å². The van der Waals surface area contributed by atoms with Crippen molar-refractivity contribution in [3.63, 3.8) is 0 Å². The Hall–Kier alpha value is -0.960. The molecule has 1 unspecified atom stereocenters. The van der Waals surface area contributed by atoms with Gasteiger partial charge in [-0.3, -0.25) is 0 Å². The van der Waals surface area contributed by atoms with Crippen molar-refractivity contribution in [3.8, 4) is 0 Å². The van der Waals surface area contributed by atoms with Crippen molar-refractivity contribution in [2.24, 2.45) is 5.92 Å². The van der Waals surface area contributed by atoms with Crippen LogP contribution in [0.1, 0.15) is 39.7 Å². The number of hydrogen-bond acceptors (Lipinski definition) is 1. The van der Waals surface area contributed by atoms with Gasteiger partial charge >= 0.3 is 0 Å². The highest BCUT2D eigenvalue weighted by atomic mass is 19.1. The molecule has 1 aromatic carbocycles. The minimum Gasteiger partial charge on any atom is -0.312 e. The van der Waals surface area contributed by atoms with Crippen LogP contribution in [0.15, 0.2) is 18.2 Å². The minimum atomic E-state index is -0.515. The third kappa shape index (κ3) is 5.58. The summed E-state index contributed by atoms with van der Waals surface area (Å²) in [6, 6.07) is 3.81. The molecule has 0 aliphatic rings. The molecule has 0 aliphatic carbocycles. The summed E-state index contributed by atoms with van der Waals surface area (Å²) in [5, 5.41) is 3.41. The van der Waals surface area contributed by atoms with E-state index in [0.29, 0.717) is 17.9 Å². The van der Waals surface area contributed by atoms with Crippen molar-refractivity contribution in [1.82, 2.24) is 5.32 Å². The first-order valence-corrected chi connectivity index (χ1v) is 6.47. The third-order valence-electron chi connectivity index (χ3n) is 2.88. The zero-order valence-corrected chi connectivity index (χ0v) is 11.7. The van der Waals surface area contributed by atoms with Gasteiger partial charge < -0.3 is 5.32 Å². The molecular formula is C15H23F2N. The summed E-state index contributed by atoms with van der Waals surface area (Å²) in [7, 11) is 0. The lowest BCUT2D eigenvalue weighted by Gasteiger charge is -2.22. The zero-order valence-electron chi connectivity index (χ0n) is 11.7. The Labute approximate surface area is 109 Å². The highest BCUT2D eigenvalue weighted by Crippen LogP contribution is 2.16. The number of benzene rings is 1. The van der Waals surface area contributed by atoms with Crippen LogP contribution in [0.5, 0.6) is 0 Å². The van der Waals surface area contributed by atoms with Crippen LogP contribution in [0.4, 0.5) is 8.78 Å². The van der Waals surface area contributed by atoms with Crippen molar-refractivity contribution in [3.05, 3.63) is 35.4 Å². The van der Waals surface area contributed by atoms with Crippen LogP contribution in [-0.4, -0.2) is 12.1 Å². The van der Waals surface area contributed by atoms with Crippen LogP contribution in [0.2, 0.25) is 0 Å². The molecule has 102 valence electrons. The van der Waals surface area contributed by atoms with E-state index in [1.807, 2.05) is 0 Å². The summed E-state index contributed by atoms with van der Waals surface area (Å²) in [6.07, 6.45) is 1.63. The molecule has 0 fully saturated rings. The van der Waals surface area contributed by atoms with Gasteiger partial charge in [0.1, 0.15) is 11.6 Å². The highest BCUT2D eigenvalue weighted by molar-refractivity contribution is 5.18. The van der Waals surface area contributed by atoms with Crippen molar-refractivity contribution in [2.45, 2.75) is 46.1 Å². The van der Waals surface area contributed by atoms with Gasteiger partial charge in [0.15, 0.2) is 0 Å². The Kier molecular flexibility index (Phi) is 5.27. The van der Waals surface area contributed by atoms with Crippen molar-refractivity contribution >= 4 is 0 Å². The molecule has 0 saturated carbocycles. The number of rotatable bonds is 5. The molecule has 18 heavy (non-hydrogen) atoms. The predicted molar refractivity (Wildman–Crippen MR) is 71.6 cm³/mol. The van der Waals surface area contributed by atoms with Crippen LogP contribution in [0, 0.1) is 17.6 Å². The molecule has 1 N–H and O–H groups in total. The van der Waals surface area contributed by atoms with Gasteiger partial charge in [0.05, 0.1) is 0 Å². The molecule has 1 rings (SSSR count). The lowest BCUT2D eigenvalue weighted by atomic mass is 9.97. The Morgan fingerprint density at radius 3 is 2.44 bits per heavy atom. The zero-order chi connectivity index (χ0) is 13.8. The van der Waals surface area contributed by atoms with Crippen LogP contribution < -0.4 is 5.32 Å². The quantitative estimate of drug-likeness (QED) is 0.841. The van der Waals surface area contributed by atoms with Gasteiger partial charge in [0, 0.05) is 11.6 Å². The van der Waals surface area contributed by atoms with E-state index >= 15 is 0 Å². The smallest absolute Gasteiger partial charge is 0.129 e. The molecule has 0 radical (unpaired) electrons. The maximum atomic E-state index is 13.5. The molecule has 1 aromatic rings. The number of hydrogen-bond donors (Lipinski definition) is 1. The maximum Gasteiger partial charge on any atom is 0.129 e. The summed E-state index contributed by atoms with van der Waals surface area (Å²) in [5.74, 6) is -0.580. The van der Waals surface area contributed by atoms with Gasteiger partial charge in [-0.1, -0.05) is 13.0 Å². The molecular weight excluding hydrogens is 232 g/mol. The molecule has 0 spiro atoms. The fraction of sp³-hybridized carbons (Fsp3) is 0.600. The van der Waals surface area contributed by atoms with Gasteiger partial charge in [-0.25, -0.2) is 8.78 Å². The van der Waals surface area contributed by atoms with Gasteiger partial charge in [-0.15, -0.1) is 0 Å². The summed E-state index contributed by atoms with van der Waals surface area (Å²) < 4.78 is 26.2. The van der Waals surface area contributed by atoms with Crippen LogP contribution in [0.25, 0.3) is 0 Å². The van der Waals surface area contributed by atoms with Crippen molar-refractivity contribution in [1.29, 1.82) is 0 Å². The average molecular weight is 255 g/mol. The van der Waals surface area contributed by atoms with Crippen molar-refractivity contribution in [2.75, 3.05) is 6.54 Å². The van der Waals surface area contributed by atoms with E-state index in [-0.39, 0.29) is 5.54 Å². The Bertz CT molecular complexity index is 383. The maximum absolute atomic E-state index is 13.5. The molecule has 0 heterocycles. The summed E-state index contributed by atoms with van der Waals surface area (Å²) in [6.45, 7) is 9.37. The first-order chi connectivity index (χ1) is 8.28. The SMILES string of the molecule is CC(CCNC(C)(C)C)Cc1ccc(F)cc1F. The normalized spacial score (nSPS) is 13.7. The standard InChI is InChI=1S/C15H23F2N/c1-11(7-8-18-15(2,3)4)9-12-5-6-13(16)10-14(12)17/h5-6,10-11,18H,7-9H2,1-4H3. The van der Waals surface area contributed by atoms with Gasteiger partial charge in [-0.2, -0.15) is 0 Å². The Morgan fingerprint density at radius 2 is 1.89 bits per heavy atom. The molecule has 0 bridgehead atoms. The van der Waals surface area contributed by atoms with E-state index in [2.05, 4.69) is 33.0 Å². The second kappa shape index (κ2) is 6.28. The van der Waals surface area contributed by atoms with E-state index in [0.717, 1.165) is 19.0 Å². The molecule has 0 aliphatic heterocycles. The lowest BCUT2D eigenvalue weighted by molar-refractivity contribution is 0.392. The van der Waals surface area contributed by atoms with Crippen LogP contribution >= 0.6 is 0 Å². The van der Waals surface area contributed by atoms with Crippen molar-refractivity contribution < 1.29 is 8.78 Å². The summed E-state index contributed by atoms with van der Waals surface area (Å²) >= 11 is 0. The first-order valence-electron chi connectivity index (χ1n) is 6.47. The minimum absolute atomic E-state index is 0.112. The van der Waals surface area contributed by atoms with E-state index in [1.54, 1.807) is 6.07 Å². The van der Waals surface area contributed by atoms with Gasteiger partial charge in [0.2, 0.25) is 0 Å². The number of halogens is 2. The van der Waals surface area contributed by atoms with E-state index in [1.165, 1.54) is 6.07 Å². The third-order valence-corrected chi connectivity index (χ3v) is 2.88. The van der Waals surface area contributed by atoms with Gasteiger partial charge in [0.25, 0.3) is 0 Å². The highest BCUT2D eigenvalue weighted by Gasteiger charge is 2.11. The van der Waals surface area contributed by atoms with E-state index in [9.17, 15) is 8.78 Å². The molecule has 3 heteroatoms. The first kappa shape index (κ1) is 15.1. The Balaban J connectivity index is 2.42. The topological polar surface area (TPSA) is 12.0 Å². The molecule has 1 atom stereocenters. The fourth-order valence-electron chi connectivity index (χ4n) is 1.86.